The molecule has 0 radical (unpaired) electrons. The monoisotopic (exact) mass is 239 g/mol. The van der Waals surface area contributed by atoms with E-state index in [1.165, 1.54) is 0 Å². The zero-order valence-corrected chi connectivity index (χ0v) is 11.6. The van der Waals surface area contributed by atoms with Crippen molar-refractivity contribution in [2.45, 2.75) is 39.3 Å². The normalized spacial score (nSPS) is 19.5. The molecular formula is C13H25N3O. The zero-order chi connectivity index (χ0) is 12.9. The topological polar surface area (TPSA) is 39.5 Å². The molecule has 0 aromatic rings. The largest absolute Gasteiger partial charge is 0.377 e. The Balaban J connectivity index is 2.25. The predicted molar refractivity (Wildman–Crippen MR) is 68.8 cm³/mol. The Bertz CT molecular complexity index is 262. The van der Waals surface area contributed by atoms with Crippen LogP contribution in [-0.4, -0.2) is 60.8 Å². The lowest BCUT2D eigenvalue weighted by Gasteiger charge is -2.40. The summed E-state index contributed by atoms with van der Waals surface area (Å²) >= 11 is 0. The minimum Gasteiger partial charge on any atom is -0.377 e. The maximum Gasteiger partial charge on any atom is 0.103 e. The molecule has 4 heteroatoms. The summed E-state index contributed by atoms with van der Waals surface area (Å²) in [5, 5.41) is 9.09. The van der Waals surface area contributed by atoms with Crippen LogP contribution in [0.5, 0.6) is 0 Å². The standard InChI is InChI=1S/C13H25N3O/c1-12(2)17-10-9-15-5-7-16(8-6-15)13(3,4)11-14/h12H,5-10H2,1-4H3. The van der Waals surface area contributed by atoms with E-state index in [1.807, 2.05) is 13.8 Å². The first-order chi connectivity index (χ1) is 7.95. The molecule has 1 aliphatic heterocycles. The Morgan fingerprint density at radius 1 is 1.24 bits per heavy atom. The molecule has 0 saturated carbocycles. The Hall–Kier alpha value is -0.630. The van der Waals surface area contributed by atoms with Crippen molar-refractivity contribution in [2.24, 2.45) is 0 Å². The summed E-state index contributed by atoms with van der Waals surface area (Å²) in [7, 11) is 0. The van der Waals surface area contributed by atoms with Gasteiger partial charge in [-0.2, -0.15) is 5.26 Å². The van der Waals surface area contributed by atoms with Gasteiger partial charge in [-0.1, -0.05) is 0 Å². The van der Waals surface area contributed by atoms with Gasteiger partial charge in [-0.05, 0) is 27.7 Å². The number of hydrogen-bond acceptors (Lipinski definition) is 4. The first-order valence-corrected chi connectivity index (χ1v) is 6.46. The Labute approximate surface area is 105 Å². The highest BCUT2D eigenvalue weighted by Gasteiger charge is 2.29. The lowest BCUT2D eigenvalue weighted by atomic mass is 10.0. The van der Waals surface area contributed by atoms with Gasteiger partial charge < -0.3 is 4.74 Å². The SMILES string of the molecule is CC(C)OCCN1CCN(C(C)(C)C#N)CC1. The van der Waals surface area contributed by atoms with Gasteiger partial charge in [-0.15, -0.1) is 0 Å². The molecule has 4 nitrogen and oxygen atoms in total. The number of ether oxygens (including phenoxy) is 1. The lowest BCUT2D eigenvalue weighted by molar-refractivity contribution is 0.0329. The molecule has 0 aromatic heterocycles. The molecule has 1 fully saturated rings. The van der Waals surface area contributed by atoms with E-state index in [1.54, 1.807) is 0 Å². The van der Waals surface area contributed by atoms with Crippen molar-refractivity contribution < 1.29 is 4.74 Å². The Morgan fingerprint density at radius 3 is 2.29 bits per heavy atom. The van der Waals surface area contributed by atoms with Crippen LogP contribution in [0.25, 0.3) is 0 Å². The van der Waals surface area contributed by atoms with Gasteiger partial charge in [0.25, 0.3) is 0 Å². The van der Waals surface area contributed by atoms with Crippen molar-refractivity contribution >= 4 is 0 Å². The van der Waals surface area contributed by atoms with Crippen LogP contribution in [0.4, 0.5) is 0 Å². The second-order valence-corrected chi connectivity index (χ2v) is 5.42. The number of hydrogen-bond donors (Lipinski definition) is 0. The fraction of sp³-hybridized carbons (Fsp3) is 0.923. The summed E-state index contributed by atoms with van der Waals surface area (Å²) < 4.78 is 5.55. The van der Waals surface area contributed by atoms with Gasteiger partial charge in [0.1, 0.15) is 5.54 Å². The highest BCUT2D eigenvalue weighted by molar-refractivity contribution is 5.02. The van der Waals surface area contributed by atoms with Gasteiger partial charge >= 0.3 is 0 Å². The van der Waals surface area contributed by atoms with Crippen molar-refractivity contribution in [3.05, 3.63) is 0 Å². The summed E-state index contributed by atoms with van der Waals surface area (Å²) in [6.07, 6.45) is 0.314. The average molecular weight is 239 g/mol. The minimum atomic E-state index is -0.333. The second-order valence-electron chi connectivity index (χ2n) is 5.42. The lowest BCUT2D eigenvalue weighted by Crippen LogP contribution is -2.54. The molecule has 1 heterocycles. The molecule has 1 aliphatic rings. The number of rotatable bonds is 5. The summed E-state index contributed by atoms with van der Waals surface area (Å²) in [6.45, 7) is 13.9. The molecule has 0 unspecified atom stereocenters. The average Bonchev–Trinajstić information content (AvgIpc) is 2.29. The van der Waals surface area contributed by atoms with E-state index in [0.717, 1.165) is 39.3 Å². The fourth-order valence-corrected chi connectivity index (χ4v) is 2.02. The van der Waals surface area contributed by atoms with E-state index in [-0.39, 0.29) is 5.54 Å². The molecule has 0 aliphatic carbocycles. The molecule has 0 spiro atoms. The number of nitriles is 1. The first-order valence-electron chi connectivity index (χ1n) is 6.46. The highest BCUT2D eigenvalue weighted by atomic mass is 16.5. The van der Waals surface area contributed by atoms with Crippen LogP contribution < -0.4 is 0 Å². The van der Waals surface area contributed by atoms with Gasteiger partial charge in [0, 0.05) is 32.7 Å². The van der Waals surface area contributed by atoms with Crippen LogP contribution in [0, 0.1) is 11.3 Å². The van der Waals surface area contributed by atoms with Crippen molar-refractivity contribution in [1.29, 1.82) is 5.26 Å². The molecule has 0 amide bonds. The van der Waals surface area contributed by atoms with E-state index in [9.17, 15) is 0 Å². The van der Waals surface area contributed by atoms with Gasteiger partial charge in [0.05, 0.1) is 18.8 Å². The van der Waals surface area contributed by atoms with Gasteiger partial charge in [-0.3, -0.25) is 9.80 Å². The van der Waals surface area contributed by atoms with Crippen LogP contribution in [-0.2, 0) is 4.74 Å². The Morgan fingerprint density at radius 2 is 1.82 bits per heavy atom. The number of piperazine rings is 1. The third kappa shape index (κ3) is 4.63. The van der Waals surface area contributed by atoms with Crippen LogP contribution in [0.15, 0.2) is 0 Å². The van der Waals surface area contributed by atoms with Crippen LogP contribution in [0.3, 0.4) is 0 Å². The fourth-order valence-electron chi connectivity index (χ4n) is 2.02. The smallest absolute Gasteiger partial charge is 0.103 e. The van der Waals surface area contributed by atoms with Crippen molar-refractivity contribution in [1.82, 2.24) is 9.80 Å². The quantitative estimate of drug-likeness (QED) is 0.725. The van der Waals surface area contributed by atoms with Crippen molar-refractivity contribution in [3.63, 3.8) is 0 Å². The summed E-state index contributed by atoms with van der Waals surface area (Å²) in [6, 6.07) is 2.37. The van der Waals surface area contributed by atoms with Gasteiger partial charge in [0.15, 0.2) is 0 Å². The minimum absolute atomic E-state index is 0.314. The third-order valence-corrected chi connectivity index (χ3v) is 3.30. The van der Waals surface area contributed by atoms with Gasteiger partial charge in [0.2, 0.25) is 0 Å². The van der Waals surface area contributed by atoms with Crippen molar-refractivity contribution in [2.75, 3.05) is 39.3 Å². The van der Waals surface area contributed by atoms with Crippen LogP contribution >= 0.6 is 0 Å². The third-order valence-electron chi connectivity index (χ3n) is 3.30. The molecule has 1 saturated heterocycles. The van der Waals surface area contributed by atoms with E-state index < -0.39 is 0 Å². The maximum atomic E-state index is 9.09. The summed E-state index contributed by atoms with van der Waals surface area (Å²) in [4.78, 5) is 4.67. The van der Waals surface area contributed by atoms with Gasteiger partial charge in [-0.25, -0.2) is 0 Å². The molecule has 17 heavy (non-hydrogen) atoms. The number of nitrogens with zero attached hydrogens (tertiary/aromatic N) is 3. The predicted octanol–water partition coefficient (Wildman–Crippen LogP) is 1.33. The van der Waals surface area contributed by atoms with E-state index >= 15 is 0 Å². The van der Waals surface area contributed by atoms with E-state index in [2.05, 4.69) is 29.7 Å². The Kier molecular flexibility index (Phi) is 5.38. The molecular weight excluding hydrogens is 214 g/mol. The summed E-state index contributed by atoms with van der Waals surface area (Å²) in [5.41, 5.74) is -0.333. The molecule has 0 N–H and O–H groups in total. The molecule has 0 bridgehead atoms. The van der Waals surface area contributed by atoms with Crippen LogP contribution in [0.2, 0.25) is 0 Å². The van der Waals surface area contributed by atoms with Crippen LogP contribution in [0.1, 0.15) is 27.7 Å². The highest BCUT2D eigenvalue weighted by Crippen LogP contribution is 2.15. The maximum absolute atomic E-state index is 9.09. The second kappa shape index (κ2) is 6.34. The van der Waals surface area contributed by atoms with E-state index in [4.69, 9.17) is 10.00 Å². The first kappa shape index (κ1) is 14.4. The van der Waals surface area contributed by atoms with Crippen molar-refractivity contribution in [3.8, 4) is 6.07 Å². The zero-order valence-electron chi connectivity index (χ0n) is 11.6. The van der Waals surface area contributed by atoms with E-state index in [0.29, 0.717) is 6.10 Å². The molecule has 0 atom stereocenters. The molecule has 98 valence electrons. The molecule has 1 rings (SSSR count). The molecule has 0 aromatic carbocycles. The summed E-state index contributed by atoms with van der Waals surface area (Å²) in [5.74, 6) is 0.